The molecule has 0 aliphatic carbocycles. The summed E-state index contributed by atoms with van der Waals surface area (Å²) in [6, 6.07) is 21.9. The van der Waals surface area contributed by atoms with Crippen LogP contribution in [0.5, 0.6) is 0 Å². The summed E-state index contributed by atoms with van der Waals surface area (Å²) in [5.41, 5.74) is 0. The third kappa shape index (κ3) is 0.892. The average molecular weight is 202 g/mol. The van der Waals surface area contributed by atoms with Gasteiger partial charge in [0.15, 0.2) is 0 Å². The van der Waals surface area contributed by atoms with Gasteiger partial charge >= 0.3 is 0 Å². The molecule has 0 heterocycles. The van der Waals surface area contributed by atoms with Crippen LogP contribution in [0.1, 0.15) is 0 Å². The molecule has 0 radical (unpaired) electrons. The maximum absolute atomic E-state index is 2.28. The first kappa shape index (κ1) is 8.12. The van der Waals surface area contributed by atoms with Crippen molar-refractivity contribution in [2.75, 3.05) is 0 Å². The number of rotatable bonds is 0. The minimum atomic E-state index is 1.33. The summed E-state index contributed by atoms with van der Waals surface area (Å²) in [7, 11) is 0. The standard InChI is InChI=1S/C16H10/c1-4-11-10-12-5-2-7-14(12)16-9-3-8-15(16)13(11)6-1/h1-10H. The van der Waals surface area contributed by atoms with Crippen molar-refractivity contribution in [2.24, 2.45) is 0 Å². The second-order valence-corrected chi connectivity index (χ2v) is 4.29. The van der Waals surface area contributed by atoms with Crippen LogP contribution in [0.4, 0.5) is 0 Å². The first-order valence-electron chi connectivity index (χ1n) is 5.56. The lowest BCUT2D eigenvalue weighted by atomic mass is 10.2. The van der Waals surface area contributed by atoms with E-state index in [9.17, 15) is 0 Å². The van der Waals surface area contributed by atoms with Crippen LogP contribution in [0.2, 0.25) is 0 Å². The summed E-state index contributed by atoms with van der Waals surface area (Å²) in [5.74, 6) is 0. The second-order valence-electron chi connectivity index (χ2n) is 4.29. The van der Waals surface area contributed by atoms with Crippen molar-refractivity contribution < 1.29 is 0 Å². The van der Waals surface area contributed by atoms with Crippen molar-refractivity contribution >= 4 is 32.3 Å². The third-order valence-corrected chi connectivity index (χ3v) is 3.41. The highest BCUT2D eigenvalue weighted by Crippen LogP contribution is 2.32. The fourth-order valence-electron chi connectivity index (χ4n) is 2.67. The Morgan fingerprint density at radius 3 is 1.44 bits per heavy atom. The van der Waals surface area contributed by atoms with Gasteiger partial charge in [-0.25, -0.2) is 0 Å². The maximum atomic E-state index is 2.28. The monoisotopic (exact) mass is 202 g/mol. The average Bonchev–Trinajstić information content (AvgIpc) is 2.97. The first-order chi connectivity index (χ1) is 7.93. The first-order valence-corrected chi connectivity index (χ1v) is 5.56. The molecule has 0 atom stereocenters. The van der Waals surface area contributed by atoms with Gasteiger partial charge < -0.3 is 0 Å². The molecule has 0 aromatic heterocycles. The molecule has 0 aliphatic rings. The summed E-state index contributed by atoms with van der Waals surface area (Å²) in [6.45, 7) is 0. The lowest BCUT2D eigenvalue weighted by Crippen LogP contribution is -1.57. The van der Waals surface area contributed by atoms with E-state index in [1.54, 1.807) is 0 Å². The molecule has 0 saturated carbocycles. The zero-order chi connectivity index (χ0) is 10.5. The van der Waals surface area contributed by atoms with Gasteiger partial charge in [0, 0.05) is 0 Å². The molecule has 0 spiro atoms. The van der Waals surface area contributed by atoms with Gasteiger partial charge in [-0.15, -0.1) is 0 Å². The maximum Gasteiger partial charge on any atom is -0.00992 e. The van der Waals surface area contributed by atoms with E-state index in [0.29, 0.717) is 0 Å². The molecule has 0 amide bonds. The zero-order valence-electron chi connectivity index (χ0n) is 8.77. The van der Waals surface area contributed by atoms with E-state index in [0.717, 1.165) is 0 Å². The summed E-state index contributed by atoms with van der Waals surface area (Å²) in [6.07, 6.45) is 0. The van der Waals surface area contributed by atoms with E-state index in [1.807, 2.05) is 0 Å². The Balaban J connectivity index is 2.51. The van der Waals surface area contributed by atoms with Crippen LogP contribution < -0.4 is 0 Å². The molecule has 0 fully saturated rings. The van der Waals surface area contributed by atoms with E-state index < -0.39 is 0 Å². The van der Waals surface area contributed by atoms with Crippen molar-refractivity contribution in [3.8, 4) is 0 Å². The van der Waals surface area contributed by atoms with E-state index in [2.05, 4.69) is 60.7 Å². The predicted molar refractivity (Wildman–Crippen MR) is 70.1 cm³/mol. The van der Waals surface area contributed by atoms with E-state index in [-0.39, 0.29) is 0 Å². The highest BCUT2D eigenvalue weighted by molar-refractivity contribution is 6.18. The number of fused-ring (bicyclic) bond motifs is 5. The molecule has 0 N–H and O–H groups in total. The smallest absolute Gasteiger partial charge is 0.00992 e. The predicted octanol–water partition coefficient (Wildman–Crippen LogP) is 4.58. The molecular weight excluding hydrogens is 192 g/mol. The second kappa shape index (κ2) is 2.73. The van der Waals surface area contributed by atoms with E-state index >= 15 is 0 Å². The van der Waals surface area contributed by atoms with Crippen molar-refractivity contribution in [3.05, 3.63) is 60.7 Å². The van der Waals surface area contributed by atoms with Gasteiger partial charge in [-0.05, 0) is 38.4 Å². The molecule has 74 valence electrons. The summed E-state index contributed by atoms with van der Waals surface area (Å²) < 4.78 is 0. The molecule has 0 saturated heterocycles. The van der Waals surface area contributed by atoms with Crippen molar-refractivity contribution in [1.82, 2.24) is 0 Å². The fraction of sp³-hybridized carbons (Fsp3) is 0. The lowest BCUT2D eigenvalue weighted by molar-refractivity contribution is 2.03. The van der Waals surface area contributed by atoms with Crippen molar-refractivity contribution in [3.63, 3.8) is 0 Å². The van der Waals surface area contributed by atoms with Crippen LogP contribution in [-0.4, -0.2) is 0 Å². The van der Waals surface area contributed by atoms with Gasteiger partial charge in [0.25, 0.3) is 0 Å². The molecule has 4 aromatic carbocycles. The largest absolute Gasteiger partial charge is 0.0610 e. The third-order valence-electron chi connectivity index (χ3n) is 3.41. The summed E-state index contributed by atoms with van der Waals surface area (Å²) in [4.78, 5) is 0. The van der Waals surface area contributed by atoms with Crippen LogP contribution in [0.25, 0.3) is 32.3 Å². The Morgan fingerprint density at radius 2 is 0.875 bits per heavy atom. The molecule has 16 heavy (non-hydrogen) atoms. The Kier molecular flexibility index (Phi) is 1.39. The summed E-state index contributed by atoms with van der Waals surface area (Å²) >= 11 is 0. The molecule has 4 aromatic rings. The summed E-state index contributed by atoms with van der Waals surface area (Å²) in [5, 5.41) is 8.10. The SMILES string of the molecule is c1cc2cc3cccc3c3cccc3c2c1. The van der Waals surface area contributed by atoms with Gasteiger partial charge in [0.1, 0.15) is 0 Å². The van der Waals surface area contributed by atoms with Crippen LogP contribution in [-0.2, 0) is 0 Å². The van der Waals surface area contributed by atoms with E-state index in [4.69, 9.17) is 0 Å². The van der Waals surface area contributed by atoms with Crippen molar-refractivity contribution in [1.29, 1.82) is 0 Å². The zero-order valence-corrected chi connectivity index (χ0v) is 8.77. The normalized spacial score (nSPS) is 11.8. The molecule has 0 nitrogen and oxygen atoms in total. The highest BCUT2D eigenvalue weighted by atomic mass is 14.1. The van der Waals surface area contributed by atoms with Gasteiger partial charge in [-0.1, -0.05) is 54.6 Å². The van der Waals surface area contributed by atoms with E-state index in [1.165, 1.54) is 32.3 Å². The fourth-order valence-corrected chi connectivity index (χ4v) is 2.67. The van der Waals surface area contributed by atoms with Crippen LogP contribution in [0, 0.1) is 0 Å². The quantitative estimate of drug-likeness (QED) is 0.391. The number of hydrogen-bond donors (Lipinski definition) is 0. The van der Waals surface area contributed by atoms with Gasteiger partial charge in [-0.2, -0.15) is 0 Å². The van der Waals surface area contributed by atoms with Gasteiger partial charge in [-0.3, -0.25) is 0 Å². The molecule has 0 heteroatoms. The Morgan fingerprint density at radius 1 is 0.438 bits per heavy atom. The minimum Gasteiger partial charge on any atom is -0.0610 e. The van der Waals surface area contributed by atoms with Gasteiger partial charge in [0.2, 0.25) is 0 Å². The lowest BCUT2D eigenvalue weighted by Gasteiger charge is -1.86. The van der Waals surface area contributed by atoms with Crippen LogP contribution in [0.3, 0.4) is 0 Å². The Hall–Kier alpha value is -2.08. The van der Waals surface area contributed by atoms with Gasteiger partial charge in [0.05, 0.1) is 0 Å². The topological polar surface area (TPSA) is 0 Å². The number of hydrogen-bond acceptors (Lipinski definition) is 0. The molecule has 4 rings (SSSR count). The highest BCUT2D eigenvalue weighted by Gasteiger charge is 2.04. The molecule has 0 aliphatic heterocycles. The van der Waals surface area contributed by atoms with Crippen LogP contribution >= 0.6 is 0 Å². The van der Waals surface area contributed by atoms with Crippen molar-refractivity contribution in [2.45, 2.75) is 0 Å². The minimum absolute atomic E-state index is 1.33. The molecule has 0 bridgehead atoms. The molecule has 0 unspecified atom stereocenters. The van der Waals surface area contributed by atoms with Crippen LogP contribution in [0.15, 0.2) is 60.7 Å². The molecular formula is C16H10. The Labute approximate surface area is 93.5 Å². The Bertz CT molecular complexity index is 731.